The topological polar surface area (TPSA) is 46.6 Å². The van der Waals surface area contributed by atoms with Gasteiger partial charge in [-0.1, -0.05) is 24.3 Å². The van der Waals surface area contributed by atoms with Crippen molar-refractivity contribution < 1.29 is 14.3 Å². The molecule has 4 nitrogen and oxygen atoms in total. The number of carbonyl (C=O) groups is 2. The van der Waals surface area contributed by atoms with Gasteiger partial charge in [0.2, 0.25) is 0 Å². The number of para-hydroxylation sites is 2. The number of hydrogen-bond donors (Lipinski definition) is 0. The molecule has 1 aliphatic heterocycles. The van der Waals surface area contributed by atoms with Crippen LogP contribution < -0.4 is 9.64 Å². The lowest BCUT2D eigenvalue weighted by Gasteiger charge is -2.29. The molecule has 106 valence electrons. The maximum absolute atomic E-state index is 12.8. The Morgan fingerprint density at radius 3 is 2.62 bits per heavy atom. The zero-order chi connectivity index (χ0) is 14.8. The molecule has 3 rings (SSSR count). The number of methoxy groups -OCH3 is 1. The number of ketones is 1. The van der Waals surface area contributed by atoms with E-state index in [1.807, 2.05) is 18.2 Å². The molecule has 1 amide bonds. The van der Waals surface area contributed by atoms with E-state index in [2.05, 4.69) is 0 Å². The van der Waals surface area contributed by atoms with Crippen LogP contribution in [0.25, 0.3) is 0 Å². The fourth-order valence-electron chi connectivity index (χ4n) is 2.59. The lowest BCUT2D eigenvalue weighted by atomic mass is 9.99. The van der Waals surface area contributed by atoms with Crippen LogP contribution in [0.1, 0.15) is 27.1 Å². The molecule has 0 N–H and O–H groups in total. The second-order valence-electron chi connectivity index (χ2n) is 4.85. The molecular formula is C17H15NO3. The Morgan fingerprint density at radius 2 is 1.81 bits per heavy atom. The Hall–Kier alpha value is -2.62. The molecule has 0 spiro atoms. The molecule has 0 aliphatic carbocycles. The van der Waals surface area contributed by atoms with Crippen molar-refractivity contribution in [1.82, 2.24) is 0 Å². The molecule has 21 heavy (non-hydrogen) atoms. The zero-order valence-electron chi connectivity index (χ0n) is 11.7. The number of benzene rings is 2. The van der Waals surface area contributed by atoms with Crippen molar-refractivity contribution in [3.63, 3.8) is 0 Å². The first-order valence-corrected chi connectivity index (χ1v) is 6.79. The Morgan fingerprint density at radius 1 is 1.10 bits per heavy atom. The number of rotatable bonds is 2. The molecule has 1 heterocycles. The monoisotopic (exact) mass is 281 g/mol. The van der Waals surface area contributed by atoms with E-state index in [-0.39, 0.29) is 11.7 Å². The lowest BCUT2D eigenvalue weighted by molar-refractivity contribution is 0.0954. The van der Waals surface area contributed by atoms with Gasteiger partial charge in [0.15, 0.2) is 5.78 Å². The summed E-state index contributed by atoms with van der Waals surface area (Å²) in [6.07, 6.45) is 0.345. The van der Waals surface area contributed by atoms with Gasteiger partial charge in [0.25, 0.3) is 5.91 Å². The van der Waals surface area contributed by atoms with Crippen LogP contribution >= 0.6 is 0 Å². The predicted octanol–water partition coefficient (Wildman–Crippen LogP) is 2.93. The molecule has 1 aliphatic rings. The van der Waals surface area contributed by atoms with Crippen LogP contribution in [0.4, 0.5) is 5.69 Å². The standard InChI is InChI=1S/C17H15NO3/c1-21-16-9-5-3-7-13(16)17(20)18-11-10-15(19)12-6-2-4-8-14(12)18/h2-9H,10-11H2,1H3. The van der Waals surface area contributed by atoms with Crippen LogP contribution in [0, 0.1) is 0 Å². The minimum atomic E-state index is -0.146. The van der Waals surface area contributed by atoms with Gasteiger partial charge < -0.3 is 9.64 Å². The highest BCUT2D eigenvalue weighted by atomic mass is 16.5. The van der Waals surface area contributed by atoms with E-state index >= 15 is 0 Å². The van der Waals surface area contributed by atoms with Crippen LogP contribution in [-0.4, -0.2) is 25.3 Å². The molecular weight excluding hydrogens is 266 g/mol. The first kappa shape index (κ1) is 13.4. The van der Waals surface area contributed by atoms with E-state index in [0.29, 0.717) is 35.5 Å². The van der Waals surface area contributed by atoms with E-state index in [0.717, 1.165) is 0 Å². The fraction of sp³-hybridized carbons (Fsp3) is 0.176. The zero-order valence-corrected chi connectivity index (χ0v) is 11.7. The van der Waals surface area contributed by atoms with Crippen LogP contribution in [0.5, 0.6) is 5.75 Å². The van der Waals surface area contributed by atoms with Crippen molar-refractivity contribution in [1.29, 1.82) is 0 Å². The number of nitrogens with zero attached hydrogens (tertiary/aromatic N) is 1. The summed E-state index contributed by atoms with van der Waals surface area (Å²) in [6.45, 7) is 0.396. The van der Waals surface area contributed by atoms with Crippen molar-refractivity contribution in [2.45, 2.75) is 6.42 Å². The van der Waals surface area contributed by atoms with E-state index in [1.165, 1.54) is 0 Å². The third kappa shape index (κ3) is 2.29. The van der Waals surface area contributed by atoms with E-state index in [4.69, 9.17) is 4.74 Å². The molecule has 2 aromatic rings. The molecule has 0 atom stereocenters. The van der Waals surface area contributed by atoms with Crippen LogP contribution in [0.15, 0.2) is 48.5 Å². The highest BCUT2D eigenvalue weighted by Crippen LogP contribution is 2.30. The summed E-state index contributed by atoms with van der Waals surface area (Å²) in [6, 6.07) is 14.3. The summed E-state index contributed by atoms with van der Waals surface area (Å²) in [4.78, 5) is 26.4. The Bertz CT molecular complexity index is 709. The number of fused-ring (bicyclic) bond motifs is 1. The maximum Gasteiger partial charge on any atom is 0.262 e. The normalized spacial score (nSPS) is 13.8. The number of carbonyl (C=O) groups excluding carboxylic acids is 2. The van der Waals surface area contributed by atoms with Crippen LogP contribution in [0.2, 0.25) is 0 Å². The second kappa shape index (κ2) is 5.40. The first-order chi connectivity index (χ1) is 10.2. The summed E-state index contributed by atoms with van der Waals surface area (Å²) in [5.74, 6) is 0.471. The van der Waals surface area contributed by atoms with E-state index < -0.39 is 0 Å². The Kier molecular flexibility index (Phi) is 3.44. The van der Waals surface area contributed by atoms with Crippen LogP contribution in [-0.2, 0) is 0 Å². The summed E-state index contributed by atoms with van der Waals surface area (Å²) in [5.41, 5.74) is 1.78. The largest absolute Gasteiger partial charge is 0.496 e. The van der Waals surface area contributed by atoms with Crippen molar-refractivity contribution in [3.8, 4) is 5.75 Å². The number of ether oxygens (including phenoxy) is 1. The van der Waals surface area contributed by atoms with Crippen molar-refractivity contribution in [2.75, 3.05) is 18.6 Å². The van der Waals surface area contributed by atoms with Crippen LogP contribution in [0.3, 0.4) is 0 Å². The molecule has 0 aromatic heterocycles. The SMILES string of the molecule is COc1ccccc1C(=O)N1CCC(=O)c2ccccc21. The lowest BCUT2D eigenvalue weighted by Crippen LogP contribution is -2.37. The molecule has 0 radical (unpaired) electrons. The van der Waals surface area contributed by atoms with Gasteiger partial charge >= 0.3 is 0 Å². The quantitative estimate of drug-likeness (QED) is 0.850. The third-order valence-corrected chi connectivity index (χ3v) is 3.64. The van der Waals surface area contributed by atoms with Gasteiger partial charge in [0.1, 0.15) is 5.75 Å². The number of Topliss-reactive ketones (excluding diaryl/α,β-unsaturated/α-hetero) is 1. The summed E-state index contributed by atoms with van der Waals surface area (Å²) in [7, 11) is 1.54. The fourth-order valence-corrected chi connectivity index (χ4v) is 2.59. The minimum absolute atomic E-state index is 0.0784. The molecule has 2 aromatic carbocycles. The molecule has 0 saturated carbocycles. The molecule has 0 saturated heterocycles. The summed E-state index contributed by atoms with van der Waals surface area (Å²) >= 11 is 0. The molecule has 0 bridgehead atoms. The van der Waals surface area contributed by atoms with E-state index in [9.17, 15) is 9.59 Å². The average molecular weight is 281 g/mol. The summed E-state index contributed by atoms with van der Waals surface area (Å²) < 4.78 is 5.25. The van der Waals surface area contributed by atoms with E-state index in [1.54, 1.807) is 42.3 Å². The molecule has 0 unspecified atom stereocenters. The number of hydrogen-bond acceptors (Lipinski definition) is 3. The summed E-state index contributed by atoms with van der Waals surface area (Å²) in [5, 5.41) is 0. The highest BCUT2D eigenvalue weighted by molar-refractivity contribution is 6.14. The first-order valence-electron chi connectivity index (χ1n) is 6.79. The van der Waals surface area contributed by atoms with Gasteiger partial charge in [-0.05, 0) is 24.3 Å². The minimum Gasteiger partial charge on any atom is -0.496 e. The van der Waals surface area contributed by atoms with Gasteiger partial charge in [-0.2, -0.15) is 0 Å². The van der Waals surface area contributed by atoms with Gasteiger partial charge in [-0.25, -0.2) is 0 Å². The highest BCUT2D eigenvalue weighted by Gasteiger charge is 2.28. The van der Waals surface area contributed by atoms with Gasteiger partial charge in [0.05, 0.1) is 18.4 Å². The number of anilines is 1. The third-order valence-electron chi connectivity index (χ3n) is 3.64. The van der Waals surface area contributed by atoms with Crippen molar-refractivity contribution in [3.05, 3.63) is 59.7 Å². The average Bonchev–Trinajstić information content (AvgIpc) is 2.55. The van der Waals surface area contributed by atoms with Crippen molar-refractivity contribution in [2.24, 2.45) is 0 Å². The maximum atomic E-state index is 12.8. The van der Waals surface area contributed by atoms with Gasteiger partial charge in [-0.15, -0.1) is 0 Å². The number of amides is 1. The van der Waals surface area contributed by atoms with Crippen molar-refractivity contribution >= 4 is 17.4 Å². The second-order valence-corrected chi connectivity index (χ2v) is 4.85. The Balaban J connectivity index is 2.03. The Labute approximate surface area is 123 Å². The molecule has 4 heteroatoms. The van der Waals surface area contributed by atoms with Gasteiger partial charge in [0, 0.05) is 18.5 Å². The smallest absolute Gasteiger partial charge is 0.262 e. The molecule has 0 fully saturated rings. The van der Waals surface area contributed by atoms with Gasteiger partial charge in [-0.3, -0.25) is 9.59 Å². The predicted molar refractivity (Wildman–Crippen MR) is 80.1 cm³/mol.